The molecule has 0 aliphatic rings. The molecule has 1 N–H and O–H groups in total. The lowest BCUT2D eigenvalue weighted by Gasteiger charge is -2.16. The van der Waals surface area contributed by atoms with Crippen LogP contribution in [-0.4, -0.2) is 18.5 Å². The van der Waals surface area contributed by atoms with Crippen molar-refractivity contribution in [2.75, 3.05) is 11.9 Å². The number of hydrogen-bond acceptors (Lipinski definition) is 5. The number of carbonyl (C=O) groups excluding carboxylic acids is 2. The molecule has 212 valence electrons. The van der Waals surface area contributed by atoms with Crippen LogP contribution in [0.4, 0.5) is 23.2 Å². The number of carbonyl (C=O) groups is 2. The number of nitrogens with one attached hydrogen (secondary N) is 1. The molecule has 0 atom stereocenters. The third-order valence-electron chi connectivity index (χ3n) is 6.05. The summed E-state index contributed by atoms with van der Waals surface area (Å²) >= 11 is 6.37. The van der Waals surface area contributed by atoms with Crippen molar-refractivity contribution < 1.29 is 36.3 Å². The SMILES string of the molecule is CCOC(=O)/C=C/c1cccc(-c2c(CC(=O)Nc3ccc(F)cc3C(F)(F)F)c(=O)oc3cc(C)c(Cl)cc23)c1. The van der Waals surface area contributed by atoms with Crippen LogP contribution in [0.25, 0.3) is 28.2 Å². The summed E-state index contributed by atoms with van der Waals surface area (Å²) in [5.74, 6) is -2.65. The first kappa shape index (κ1) is 29.5. The van der Waals surface area contributed by atoms with Gasteiger partial charge in [-0.2, -0.15) is 13.2 Å². The Kier molecular flexibility index (Phi) is 8.63. The number of hydrogen-bond donors (Lipinski definition) is 1. The van der Waals surface area contributed by atoms with Crippen LogP contribution in [0, 0.1) is 12.7 Å². The van der Waals surface area contributed by atoms with Crippen LogP contribution in [-0.2, 0) is 26.9 Å². The predicted molar refractivity (Wildman–Crippen MR) is 147 cm³/mol. The summed E-state index contributed by atoms with van der Waals surface area (Å²) in [6.45, 7) is 3.58. The molecule has 1 aromatic heterocycles. The van der Waals surface area contributed by atoms with Crippen molar-refractivity contribution in [2.24, 2.45) is 0 Å². The largest absolute Gasteiger partial charge is 0.463 e. The molecule has 41 heavy (non-hydrogen) atoms. The Balaban J connectivity index is 1.82. The van der Waals surface area contributed by atoms with E-state index in [0.29, 0.717) is 27.1 Å². The molecule has 3 aromatic carbocycles. The molecular formula is C30H22ClF4NO5. The van der Waals surface area contributed by atoms with E-state index in [9.17, 15) is 31.9 Å². The molecule has 0 saturated carbocycles. The van der Waals surface area contributed by atoms with Gasteiger partial charge in [0.1, 0.15) is 11.4 Å². The average molecular weight is 588 g/mol. The molecule has 0 spiro atoms. The highest BCUT2D eigenvalue weighted by molar-refractivity contribution is 6.32. The molecule has 1 amide bonds. The second kappa shape index (κ2) is 12.0. The van der Waals surface area contributed by atoms with E-state index in [1.807, 2.05) is 0 Å². The lowest BCUT2D eigenvalue weighted by atomic mass is 9.93. The monoisotopic (exact) mass is 587 g/mol. The van der Waals surface area contributed by atoms with Gasteiger partial charge in [0.05, 0.1) is 29.8 Å². The number of alkyl halides is 3. The van der Waals surface area contributed by atoms with Crippen LogP contribution in [0.5, 0.6) is 0 Å². The zero-order valence-corrected chi connectivity index (χ0v) is 22.5. The number of esters is 1. The molecule has 0 unspecified atom stereocenters. The van der Waals surface area contributed by atoms with Gasteiger partial charge in [-0.15, -0.1) is 0 Å². The van der Waals surface area contributed by atoms with E-state index in [4.69, 9.17) is 20.8 Å². The lowest BCUT2D eigenvalue weighted by molar-refractivity contribution is -0.138. The number of anilines is 1. The minimum atomic E-state index is -4.94. The van der Waals surface area contributed by atoms with E-state index in [1.54, 1.807) is 50.2 Å². The Hall–Kier alpha value is -4.44. The van der Waals surface area contributed by atoms with Gasteiger partial charge in [0.2, 0.25) is 5.91 Å². The summed E-state index contributed by atoms with van der Waals surface area (Å²) in [6.07, 6.45) is -2.87. The van der Waals surface area contributed by atoms with Gasteiger partial charge >= 0.3 is 17.8 Å². The fraction of sp³-hybridized carbons (Fsp3) is 0.167. The van der Waals surface area contributed by atoms with Gasteiger partial charge in [-0.3, -0.25) is 4.79 Å². The molecule has 0 aliphatic carbocycles. The average Bonchev–Trinajstić information content (AvgIpc) is 2.90. The summed E-state index contributed by atoms with van der Waals surface area (Å²) < 4.78 is 64.3. The zero-order valence-electron chi connectivity index (χ0n) is 21.7. The van der Waals surface area contributed by atoms with E-state index in [-0.39, 0.29) is 29.4 Å². The summed E-state index contributed by atoms with van der Waals surface area (Å²) in [5, 5.41) is 2.86. The highest BCUT2D eigenvalue weighted by Crippen LogP contribution is 2.37. The van der Waals surface area contributed by atoms with Crippen LogP contribution >= 0.6 is 11.6 Å². The summed E-state index contributed by atoms with van der Waals surface area (Å²) in [4.78, 5) is 38.0. The Bertz CT molecular complexity index is 1740. The number of amides is 1. The van der Waals surface area contributed by atoms with E-state index in [1.165, 1.54) is 12.2 Å². The van der Waals surface area contributed by atoms with Crippen molar-refractivity contribution >= 4 is 46.2 Å². The molecule has 0 bridgehead atoms. The first-order valence-electron chi connectivity index (χ1n) is 12.2. The molecule has 0 aliphatic heterocycles. The van der Waals surface area contributed by atoms with Crippen molar-refractivity contribution in [1.29, 1.82) is 0 Å². The second-order valence-electron chi connectivity index (χ2n) is 8.96. The van der Waals surface area contributed by atoms with Crippen molar-refractivity contribution in [2.45, 2.75) is 26.4 Å². The lowest BCUT2D eigenvalue weighted by Crippen LogP contribution is -2.22. The molecule has 0 fully saturated rings. The summed E-state index contributed by atoms with van der Waals surface area (Å²) in [7, 11) is 0. The van der Waals surface area contributed by atoms with Gasteiger partial charge in [-0.1, -0.05) is 29.8 Å². The smallest absolute Gasteiger partial charge is 0.418 e. The maximum absolute atomic E-state index is 13.5. The number of ether oxygens (including phenoxy) is 1. The van der Waals surface area contributed by atoms with Gasteiger partial charge in [0, 0.05) is 22.0 Å². The van der Waals surface area contributed by atoms with E-state index < -0.39 is 47.2 Å². The van der Waals surface area contributed by atoms with Crippen LogP contribution in [0.2, 0.25) is 5.02 Å². The van der Waals surface area contributed by atoms with Gasteiger partial charge in [0.25, 0.3) is 0 Å². The van der Waals surface area contributed by atoms with Crippen molar-refractivity contribution in [1.82, 2.24) is 0 Å². The van der Waals surface area contributed by atoms with Gasteiger partial charge in [-0.25, -0.2) is 14.0 Å². The van der Waals surface area contributed by atoms with E-state index in [0.717, 1.165) is 12.1 Å². The fourth-order valence-corrected chi connectivity index (χ4v) is 4.38. The minimum absolute atomic E-state index is 0.142. The third-order valence-corrected chi connectivity index (χ3v) is 6.46. The molecule has 0 radical (unpaired) electrons. The first-order valence-corrected chi connectivity index (χ1v) is 12.6. The van der Waals surface area contributed by atoms with E-state index >= 15 is 0 Å². The maximum atomic E-state index is 13.5. The maximum Gasteiger partial charge on any atom is 0.418 e. The Morgan fingerprint density at radius 3 is 2.56 bits per heavy atom. The topological polar surface area (TPSA) is 85.6 Å². The summed E-state index contributed by atoms with van der Waals surface area (Å²) in [6, 6.07) is 11.6. The quantitative estimate of drug-likeness (QED) is 0.106. The molecule has 0 saturated heterocycles. The van der Waals surface area contributed by atoms with Gasteiger partial charge < -0.3 is 14.5 Å². The van der Waals surface area contributed by atoms with Crippen molar-refractivity contribution in [3.63, 3.8) is 0 Å². The minimum Gasteiger partial charge on any atom is -0.463 e. The molecule has 11 heteroatoms. The highest BCUT2D eigenvalue weighted by atomic mass is 35.5. The third kappa shape index (κ3) is 6.83. The number of aryl methyl sites for hydroxylation is 1. The van der Waals surface area contributed by atoms with Crippen LogP contribution in [0.1, 0.15) is 29.2 Å². The zero-order chi connectivity index (χ0) is 29.9. The standard InChI is InChI=1S/C30H22ClF4NO5/c1-3-40-27(38)10-7-17-5-4-6-18(12-17)28-20-14-23(31)16(2)11-25(20)41-29(39)21(28)15-26(37)36-24-9-8-19(32)13-22(24)30(33,34)35/h4-14H,3,15H2,1-2H3,(H,36,37)/b10-7+. The van der Waals surface area contributed by atoms with E-state index in [2.05, 4.69) is 5.32 Å². The molecule has 4 aromatic rings. The number of halogens is 5. The Labute approximate surface area is 236 Å². The van der Waals surface area contributed by atoms with Gasteiger partial charge in [0.15, 0.2) is 0 Å². The highest BCUT2D eigenvalue weighted by Gasteiger charge is 2.34. The van der Waals surface area contributed by atoms with Crippen molar-refractivity contribution in [3.05, 3.63) is 104 Å². The summed E-state index contributed by atoms with van der Waals surface area (Å²) in [5.41, 5.74) is -0.970. The molecule has 4 rings (SSSR count). The van der Waals surface area contributed by atoms with Crippen molar-refractivity contribution in [3.8, 4) is 11.1 Å². The Morgan fingerprint density at radius 2 is 1.85 bits per heavy atom. The van der Waals surface area contributed by atoms with Gasteiger partial charge in [-0.05, 0) is 73.0 Å². The molecule has 1 heterocycles. The predicted octanol–water partition coefficient (Wildman–Crippen LogP) is 7.34. The number of fused-ring (bicyclic) bond motifs is 1. The fourth-order valence-electron chi connectivity index (χ4n) is 4.22. The first-order chi connectivity index (χ1) is 19.4. The Morgan fingerprint density at radius 1 is 1.10 bits per heavy atom. The van der Waals surface area contributed by atoms with Crippen LogP contribution < -0.4 is 10.9 Å². The van der Waals surface area contributed by atoms with Crippen LogP contribution in [0.15, 0.2) is 69.9 Å². The molecule has 6 nitrogen and oxygen atoms in total. The number of rotatable bonds is 7. The molecular weight excluding hydrogens is 566 g/mol. The second-order valence-corrected chi connectivity index (χ2v) is 9.37. The number of benzene rings is 3. The normalized spacial score (nSPS) is 11.7. The van der Waals surface area contributed by atoms with Crippen LogP contribution in [0.3, 0.4) is 0 Å².